The molecule has 0 saturated carbocycles. The van der Waals surface area contributed by atoms with E-state index in [9.17, 15) is 9.59 Å². The van der Waals surface area contributed by atoms with Gasteiger partial charge < -0.3 is 15.5 Å². The van der Waals surface area contributed by atoms with E-state index in [1.807, 2.05) is 49.1 Å². The molecule has 0 bridgehead atoms. The van der Waals surface area contributed by atoms with Gasteiger partial charge in [0.25, 0.3) is 0 Å². The molecule has 5 nitrogen and oxygen atoms in total. The average Bonchev–Trinajstić information content (AvgIpc) is 2.99. The number of hydrogen-bond acceptors (Lipinski definition) is 2. The first-order valence-corrected chi connectivity index (χ1v) is 7.49. The molecule has 21 heavy (non-hydrogen) atoms. The minimum Gasteiger partial charge on any atom is -0.341 e. The lowest BCUT2D eigenvalue weighted by Gasteiger charge is -2.26. The number of nitrogens with zero attached hydrogens (tertiary/aromatic N) is 1. The lowest BCUT2D eigenvalue weighted by atomic mass is 10.0. The molecule has 1 aliphatic heterocycles. The Hall–Kier alpha value is -2.04. The minimum atomic E-state index is -0.480. The van der Waals surface area contributed by atoms with E-state index in [4.69, 9.17) is 0 Å². The molecule has 114 valence electrons. The summed E-state index contributed by atoms with van der Waals surface area (Å²) in [6, 6.07) is 8.39. The highest BCUT2D eigenvalue weighted by molar-refractivity contribution is 5.93. The van der Waals surface area contributed by atoms with Crippen molar-refractivity contribution in [3.05, 3.63) is 30.3 Å². The quantitative estimate of drug-likeness (QED) is 0.894. The van der Waals surface area contributed by atoms with Gasteiger partial charge in [-0.3, -0.25) is 4.79 Å². The van der Waals surface area contributed by atoms with E-state index in [-0.39, 0.29) is 17.9 Å². The SMILES string of the molecule is CC(C)C(NC(=O)Nc1ccccc1)C(=O)N1CCCC1. The molecule has 1 saturated heterocycles. The fourth-order valence-electron chi connectivity index (χ4n) is 2.48. The standard InChI is InChI=1S/C16H23N3O2/c1-12(2)14(15(20)19-10-6-7-11-19)18-16(21)17-13-8-4-3-5-9-13/h3-5,8-9,12,14H,6-7,10-11H2,1-2H3,(H2,17,18,21). The highest BCUT2D eigenvalue weighted by Crippen LogP contribution is 2.13. The Bertz CT molecular complexity index is 482. The summed E-state index contributed by atoms with van der Waals surface area (Å²) in [6.07, 6.45) is 2.10. The Morgan fingerprint density at radius 3 is 2.29 bits per heavy atom. The Balaban J connectivity index is 1.95. The number of amides is 3. The molecule has 5 heteroatoms. The highest BCUT2D eigenvalue weighted by atomic mass is 16.2. The molecule has 0 aliphatic carbocycles. The first-order valence-electron chi connectivity index (χ1n) is 7.49. The third-order valence-corrected chi connectivity index (χ3v) is 3.67. The zero-order chi connectivity index (χ0) is 15.2. The van der Waals surface area contributed by atoms with E-state index in [0.717, 1.165) is 25.9 Å². The van der Waals surface area contributed by atoms with Crippen LogP contribution in [0.4, 0.5) is 10.5 Å². The Labute approximate surface area is 125 Å². The molecule has 1 aromatic rings. The first kappa shape index (κ1) is 15.4. The summed E-state index contributed by atoms with van der Waals surface area (Å²) in [5.41, 5.74) is 0.714. The highest BCUT2D eigenvalue weighted by Gasteiger charge is 2.29. The zero-order valence-electron chi connectivity index (χ0n) is 12.6. The summed E-state index contributed by atoms with van der Waals surface area (Å²) in [7, 11) is 0. The second kappa shape index (κ2) is 7.11. The number of hydrogen-bond donors (Lipinski definition) is 2. The molecule has 1 fully saturated rings. The van der Waals surface area contributed by atoms with Crippen molar-refractivity contribution in [2.45, 2.75) is 32.7 Å². The third-order valence-electron chi connectivity index (χ3n) is 3.67. The normalized spacial score (nSPS) is 15.9. The zero-order valence-corrected chi connectivity index (χ0v) is 12.6. The number of likely N-dealkylation sites (tertiary alicyclic amines) is 1. The van der Waals surface area contributed by atoms with Crippen LogP contribution < -0.4 is 10.6 Å². The van der Waals surface area contributed by atoms with Gasteiger partial charge in [0.1, 0.15) is 6.04 Å². The maximum Gasteiger partial charge on any atom is 0.319 e. The van der Waals surface area contributed by atoms with Crippen molar-refractivity contribution in [3.63, 3.8) is 0 Å². The second-order valence-corrected chi connectivity index (χ2v) is 5.72. The molecule has 1 unspecified atom stereocenters. The summed E-state index contributed by atoms with van der Waals surface area (Å²) < 4.78 is 0. The third kappa shape index (κ3) is 4.21. The van der Waals surface area contributed by atoms with Gasteiger partial charge in [-0.05, 0) is 30.9 Å². The maximum absolute atomic E-state index is 12.5. The number of carbonyl (C=O) groups is 2. The summed E-state index contributed by atoms with van der Waals surface area (Å²) >= 11 is 0. The van der Waals surface area contributed by atoms with E-state index < -0.39 is 6.04 Å². The van der Waals surface area contributed by atoms with Crippen LogP contribution in [0.1, 0.15) is 26.7 Å². The van der Waals surface area contributed by atoms with Crippen molar-refractivity contribution < 1.29 is 9.59 Å². The lowest BCUT2D eigenvalue weighted by molar-refractivity contribution is -0.133. The molecular weight excluding hydrogens is 266 g/mol. The maximum atomic E-state index is 12.5. The van der Waals surface area contributed by atoms with Gasteiger partial charge in [-0.1, -0.05) is 32.0 Å². The number of anilines is 1. The van der Waals surface area contributed by atoms with E-state index >= 15 is 0 Å². The molecule has 1 heterocycles. The summed E-state index contributed by atoms with van der Waals surface area (Å²) in [6.45, 7) is 5.48. The van der Waals surface area contributed by atoms with Crippen LogP contribution >= 0.6 is 0 Å². The molecule has 1 aromatic carbocycles. The predicted molar refractivity (Wildman–Crippen MR) is 83.0 cm³/mol. The fourth-order valence-corrected chi connectivity index (χ4v) is 2.48. The average molecular weight is 289 g/mol. The van der Waals surface area contributed by atoms with E-state index in [1.54, 1.807) is 0 Å². The number of rotatable bonds is 4. The molecule has 1 aliphatic rings. The van der Waals surface area contributed by atoms with Crippen molar-refractivity contribution >= 4 is 17.6 Å². The topological polar surface area (TPSA) is 61.4 Å². The van der Waals surface area contributed by atoms with Crippen LogP contribution in [0, 0.1) is 5.92 Å². The van der Waals surface area contributed by atoms with Gasteiger partial charge in [-0.15, -0.1) is 0 Å². The van der Waals surface area contributed by atoms with Crippen molar-refractivity contribution in [2.24, 2.45) is 5.92 Å². The summed E-state index contributed by atoms with van der Waals surface area (Å²) in [4.78, 5) is 26.4. The largest absolute Gasteiger partial charge is 0.341 e. The van der Waals surface area contributed by atoms with Gasteiger partial charge in [0.05, 0.1) is 0 Å². The summed E-state index contributed by atoms with van der Waals surface area (Å²) in [5, 5.41) is 5.55. The molecule has 3 amide bonds. The van der Waals surface area contributed by atoms with Crippen LogP contribution in [0.25, 0.3) is 0 Å². The van der Waals surface area contributed by atoms with Crippen molar-refractivity contribution in [1.82, 2.24) is 10.2 Å². The number of urea groups is 1. The van der Waals surface area contributed by atoms with Crippen LogP contribution in [0.2, 0.25) is 0 Å². The number of para-hydroxylation sites is 1. The van der Waals surface area contributed by atoms with Gasteiger partial charge in [-0.25, -0.2) is 4.79 Å². The summed E-state index contributed by atoms with van der Waals surface area (Å²) in [5.74, 6) is 0.0744. The fraction of sp³-hybridized carbons (Fsp3) is 0.500. The molecule has 0 radical (unpaired) electrons. The monoisotopic (exact) mass is 289 g/mol. The number of benzene rings is 1. The number of nitrogens with one attached hydrogen (secondary N) is 2. The predicted octanol–water partition coefficient (Wildman–Crippen LogP) is 2.46. The molecule has 0 aromatic heterocycles. The van der Waals surface area contributed by atoms with E-state index in [0.29, 0.717) is 5.69 Å². The Kier molecular flexibility index (Phi) is 5.20. The molecule has 0 spiro atoms. The van der Waals surface area contributed by atoms with E-state index in [1.165, 1.54) is 0 Å². The minimum absolute atomic E-state index is 0.0192. The molecule has 2 N–H and O–H groups in total. The van der Waals surface area contributed by atoms with Gasteiger partial charge in [0.15, 0.2) is 0 Å². The van der Waals surface area contributed by atoms with E-state index in [2.05, 4.69) is 10.6 Å². The van der Waals surface area contributed by atoms with Crippen LogP contribution in [-0.4, -0.2) is 36.0 Å². The first-order chi connectivity index (χ1) is 10.1. The number of carbonyl (C=O) groups excluding carboxylic acids is 2. The van der Waals surface area contributed by atoms with Gasteiger partial charge >= 0.3 is 6.03 Å². The van der Waals surface area contributed by atoms with Crippen molar-refractivity contribution in [1.29, 1.82) is 0 Å². The van der Waals surface area contributed by atoms with Gasteiger partial charge in [0, 0.05) is 18.8 Å². The van der Waals surface area contributed by atoms with Crippen molar-refractivity contribution in [3.8, 4) is 0 Å². The van der Waals surface area contributed by atoms with Crippen LogP contribution in [0.5, 0.6) is 0 Å². The second-order valence-electron chi connectivity index (χ2n) is 5.72. The van der Waals surface area contributed by atoms with Gasteiger partial charge in [-0.2, -0.15) is 0 Å². The molecular formula is C16H23N3O2. The smallest absolute Gasteiger partial charge is 0.319 e. The van der Waals surface area contributed by atoms with Crippen LogP contribution in [-0.2, 0) is 4.79 Å². The Morgan fingerprint density at radius 2 is 1.71 bits per heavy atom. The van der Waals surface area contributed by atoms with Crippen LogP contribution in [0.3, 0.4) is 0 Å². The van der Waals surface area contributed by atoms with Crippen LogP contribution in [0.15, 0.2) is 30.3 Å². The molecule has 1 atom stereocenters. The molecule has 2 rings (SSSR count). The van der Waals surface area contributed by atoms with Gasteiger partial charge in [0.2, 0.25) is 5.91 Å². The van der Waals surface area contributed by atoms with Crippen molar-refractivity contribution in [2.75, 3.05) is 18.4 Å². The lowest BCUT2D eigenvalue weighted by Crippen LogP contribution is -2.51. The Morgan fingerprint density at radius 1 is 1.10 bits per heavy atom.